The summed E-state index contributed by atoms with van der Waals surface area (Å²) in [7, 11) is 1.74. The van der Waals surface area contributed by atoms with E-state index in [4.69, 9.17) is 4.42 Å². The standard InChI is InChI=1S/C8H11NO2S/c1-9(8(10)6-12)4-7-2-3-11-5-7/h2-3,5,12H,4,6H2,1H3. The van der Waals surface area contributed by atoms with Gasteiger partial charge in [-0.05, 0) is 6.07 Å². The summed E-state index contributed by atoms with van der Waals surface area (Å²) in [5.41, 5.74) is 0.993. The first-order chi connectivity index (χ1) is 5.74. The van der Waals surface area contributed by atoms with Crippen LogP contribution >= 0.6 is 12.6 Å². The number of hydrogen-bond acceptors (Lipinski definition) is 3. The van der Waals surface area contributed by atoms with Crippen molar-refractivity contribution in [1.29, 1.82) is 0 Å². The van der Waals surface area contributed by atoms with Gasteiger partial charge >= 0.3 is 0 Å². The SMILES string of the molecule is CN(Cc1ccoc1)C(=O)CS. The van der Waals surface area contributed by atoms with Crippen molar-refractivity contribution >= 4 is 18.5 Å². The predicted molar refractivity (Wildman–Crippen MR) is 49.0 cm³/mol. The fourth-order valence-electron chi connectivity index (χ4n) is 0.865. The number of thiol groups is 1. The number of amides is 1. The molecule has 66 valence electrons. The number of carbonyl (C=O) groups excluding carboxylic acids is 1. The van der Waals surface area contributed by atoms with Gasteiger partial charge in [0.05, 0.1) is 18.3 Å². The third-order valence-electron chi connectivity index (χ3n) is 1.56. The normalized spacial score (nSPS) is 9.83. The van der Waals surface area contributed by atoms with E-state index in [2.05, 4.69) is 12.6 Å². The fourth-order valence-corrected chi connectivity index (χ4v) is 1.11. The second-order valence-corrected chi connectivity index (χ2v) is 2.86. The van der Waals surface area contributed by atoms with E-state index < -0.39 is 0 Å². The molecule has 0 aromatic carbocycles. The average molecular weight is 185 g/mol. The molecule has 3 nitrogen and oxygen atoms in total. The molecule has 0 aliphatic heterocycles. The number of rotatable bonds is 3. The summed E-state index contributed by atoms with van der Waals surface area (Å²) < 4.78 is 4.87. The summed E-state index contributed by atoms with van der Waals surface area (Å²) in [6, 6.07) is 1.84. The Morgan fingerprint density at radius 1 is 1.75 bits per heavy atom. The van der Waals surface area contributed by atoms with Gasteiger partial charge in [-0.2, -0.15) is 12.6 Å². The highest BCUT2D eigenvalue weighted by molar-refractivity contribution is 7.81. The smallest absolute Gasteiger partial charge is 0.232 e. The van der Waals surface area contributed by atoms with Crippen molar-refractivity contribution in [3.63, 3.8) is 0 Å². The van der Waals surface area contributed by atoms with Crippen molar-refractivity contribution in [2.45, 2.75) is 6.54 Å². The van der Waals surface area contributed by atoms with E-state index in [0.717, 1.165) is 5.56 Å². The highest BCUT2D eigenvalue weighted by Gasteiger charge is 2.06. The first kappa shape index (κ1) is 9.19. The molecule has 1 aromatic rings. The summed E-state index contributed by atoms with van der Waals surface area (Å²) in [4.78, 5) is 12.7. The molecule has 1 amide bonds. The molecule has 0 bridgehead atoms. The van der Waals surface area contributed by atoms with Crippen molar-refractivity contribution < 1.29 is 9.21 Å². The molecule has 0 fully saturated rings. The van der Waals surface area contributed by atoms with Crippen LogP contribution in [0, 0.1) is 0 Å². The minimum atomic E-state index is 0.0135. The van der Waals surface area contributed by atoms with Crippen LogP contribution in [0.15, 0.2) is 23.0 Å². The number of furan rings is 1. The molecule has 0 saturated carbocycles. The lowest BCUT2D eigenvalue weighted by atomic mass is 10.3. The van der Waals surface area contributed by atoms with Crippen molar-refractivity contribution in [3.8, 4) is 0 Å². The molecule has 0 aliphatic carbocycles. The van der Waals surface area contributed by atoms with Gasteiger partial charge in [-0.15, -0.1) is 0 Å². The van der Waals surface area contributed by atoms with Gasteiger partial charge in [0, 0.05) is 19.2 Å². The van der Waals surface area contributed by atoms with Crippen LogP contribution in [0.25, 0.3) is 0 Å². The van der Waals surface area contributed by atoms with Gasteiger partial charge in [-0.1, -0.05) is 0 Å². The first-order valence-corrected chi connectivity index (χ1v) is 4.23. The predicted octanol–water partition coefficient (Wildman–Crippen LogP) is 1.17. The lowest BCUT2D eigenvalue weighted by Gasteiger charge is -2.14. The molecule has 0 aliphatic rings. The van der Waals surface area contributed by atoms with Crippen LogP contribution < -0.4 is 0 Å². The number of hydrogen-bond donors (Lipinski definition) is 1. The maximum absolute atomic E-state index is 11.1. The minimum absolute atomic E-state index is 0.0135. The van der Waals surface area contributed by atoms with Gasteiger partial charge < -0.3 is 9.32 Å². The van der Waals surface area contributed by atoms with Gasteiger partial charge in [0.1, 0.15) is 0 Å². The zero-order valence-corrected chi connectivity index (χ0v) is 7.75. The largest absolute Gasteiger partial charge is 0.472 e. The summed E-state index contributed by atoms with van der Waals surface area (Å²) in [5.74, 6) is 0.258. The maximum atomic E-state index is 11.1. The minimum Gasteiger partial charge on any atom is -0.472 e. The molecule has 0 atom stereocenters. The summed E-state index contributed by atoms with van der Waals surface area (Å²) >= 11 is 3.89. The van der Waals surface area contributed by atoms with Gasteiger partial charge in [0.2, 0.25) is 5.91 Å². The Labute approximate surface area is 76.8 Å². The summed E-state index contributed by atoms with van der Waals surface area (Å²) in [6.07, 6.45) is 3.22. The molecule has 0 N–H and O–H groups in total. The maximum Gasteiger partial charge on any atom is 0.232 e. The molecule has 12 heavy (non-hydrogen) atoms. The van der Waals surface area contributed by atoms with Crippen LogP contribution in [0.5, 0.6) is 0 Å². The highest BCUT2D eigenvalue weighted by Crippen LogP contribution is 2.03. The van der Waals surface area contributed by atoms with Crippen LogP contribution in [-0.4, -0.2) is 23.6 Å². The molecule has 1 heterocycles. The van der Waals surface area contributed by atoms with E-state index in [1.54, 1.807) is 24.5 Å². The molecule has 0 saturated heterocycles. The fraction of sp³-hybridized carbons (Fsp3) is 0.375. The Kier molecular flexibility index (Phi) is 3.22. The van der Waals surface area contributed by atoms with Crippen LogP contribution in [-0.2, 0) is 11.3 Å². The van der Waals surface area contributed by atoms with Crippen molar-refractivity contribution in [2.24, 2.45) is 0 Å². The Morgan fingerprint density at radius 3 is 3.00 bits per heavy atom. The van der Waals surface area contributed by atoms with E-state index >= 15 is 0 Å². The van der Waals surface area contributed by atoms with E-state index in [0.29, 0.717) is 6.54 Å². The second kappa shape index (κ2) is 4.21. The molecule has 4 heteroatoms. The molecular formula is C8H11NO2S. The van der Waals surface area contributed by atoms with Crippen LogP contribution in [0.2, 0.25) is 0 Å². The van der Waals surface area contributed by atoms with Crippen molar-refractivity contribution in [3.05, 3.63) is 24.2 Å². The average Bonchev–Trinajstić information content (AvgIpc) is 2.55. The van der Waals surface area contributed by atoms with E-state index in [9.17, 15) is 4.79 Å². The zero-order valence-electron chi connectivity index (χ0n) is 6.86. The topological polar surface area (TPSA) is 33.5 Å². The quantitative estimate of drug-likeness (QED) is 0.717. The van der Waals surface area contributed by atoms with Crippen LogP contribution in [0.3, 0.4) is 0 Å². The third-order valence-corrected chi connectivity index (χ3v) is 1.83. The Morgan fingerprint density at radius 2 is 2.50 bits per heavy atom. The molecule has 1 aromatic heterocycles. The Hall–Kier alpha value is -0.900. The lowest BCUT2D eigenvalue weighted by molar-refractivity contribution is -0.127. The number of carbonyl (C=O) groups is 1. The second-order valence-electron chi connectivity index (χ2n) is 2.54. The summed E-state index contributed by atoms with van der Waals surface area (Å²) in [5, 5.41) is 0. The number of nitrogens with zero attached hydrogens (tertiary/aromatic N) is 1. The van der Waals surface area contributed by atoms with Gasteiger partial charge in [0.25, 0.3) is 0 Å². The molecule has 0 radical (unpaired) electrons. The first-order valence-electron chi connectivity index (χ1n) is 3.60. The molecule has 0 unspecified atom stereocenters. The van der Waals surface area contributed by atoms with Crippen molar-refractivity contribution in [1.82, 2.24) is 4.90 Å². The van der Waals surface area contributed by atoms with Crippen LogP contribution in [0.1, 0.15) is 5.56 Å². The Bertz CT molecular complexity index is 246. The Balaban J connectivity index is 2.47. The van der Waals surface area contributed by atoms with E-state index in [-0.39, 0.29) is 11.7 Å². The lowest BCUT2D eigenvalue weighted by Crippen LogP contribution is -2.26. The van der Waals surface area contributed by atoms with Crippen molar-refractivity contribution in [2.75, 3.05) is 12.8 Å². The molecule has 0 spiro atoms. The van der Waals surface area contributed by atoms with Gasteiger partial charge in [0.15, 0.2) is 0 Å². The summed E-state index contributed by atoms with van der Waals surface area (Å²) in [6.45, 7) is 0.579. The monoisotopic (exact) mass is 185 g/mol. The highest BCUT2D eigenvalue weighted by atomic mass is 32.1. The van der Waals surface area contributed by atoms with Gasteiger partial charge in [-0.3, -0.25) is 4.79 Å². The zero-order chi connectivity index (χ0) is 8.97. The van der Waals surface area contributed by atoms with Gasteiger partial charge in [-0.25, -0.2) is 0 Å². The third kappa shape index (κ3) is 2.30. The molecular weight excluding hydrogens is 174 g/mol. The van der Waals surface area contributed by atoms with E-state index in [1.165, 1.54) is 0 Å². The van der Waals surface area contributed by atoms with E-state index in [1.807, 2.05) is 6.07 Å². The molecule has 1 rings (SSSR count). The van der Waals surface area contributed by atoms with Crippen LogP contribution in [0.4, 0.5) is 0 Å².